The normalized spacial score (nSPS) is 12.6. The van der Waals surface area contributed by atoms with Crippen LogP contribution in [0.4, 0.5) is 4.39 Å². The first-order valence-corrected chi connectivity index (χ1v) is 6.21. The summed E-state index contributed by atoms with van der Waals surface area (Å²) in [5.41, 5.74) is 3.29. The van der Waals surface area contributed by atoms with Crippen molar-refractivity contribution in [3.63, 3.8) is 0 Å². The Morgan fingerprint density at radius 2 is 2.05 bits per heavy atom. The van der Waals surface area contributed by atoms with Crippen molar-refractivity contribution < 1.29 is 18.7 Å². The predicted octanol–water partition coefficient (Wildman–Crippen LogP) is 2.32. The Labute approximate surface area is 120 Å². The van der Waals surface area contributed by atoms with Gasteiger partial charge in [-0.15, -0.1) is 0 Å². The summed E-state index contributed by atoms with van der Waals surface area (Å²) in [6.45, 7) is 0.201. The topological polar surface area (TPSA) is 59.9 Å². The van der Waals surface area contributed by atoms with E-state index in [1.165, 1.54) is 24.4 Å². The van der Waals surface area contributed by atoms with Crippen molar-refractivity contribution in [3.8, 4) is 11.5 Å². The molecule has 106 valence electrons. The molecule has 0 atom stereocenters. The van der Waals surface area contributed by atoms with Gasteiger partial charge in [0, 0.05) is 5.56 Å². The number of hydrogen-bond donors (Lipinski definition) is 1. The zero-order chi connectivity index (χ0) is 14.7. The first-order chi connectivity index (χ1) is 10.2. The maximum Gasteiger partial charge on any atom is 0.271 e. The van der Waals surface area contributed by atoms with E-state index in [9.17, 15) is 9.18 Å². The van der Waals surface area contributed by atoms with Crippen LogP contribution in [0.2, 0.25) is 0 Å². The maximum atomic E-state index is 13.0. The summed E-state index contributed by atoms with van der Waals surface area (Å²) in [6.07, 6.45) is 1.47. The van der Waals surface area contributed by atoms with Gasteiger partial charge in [-0.25, -0.2) is 9.82 Å². The fraction of sp³-hybridized carbons (Fsp3) is 0.0667. The van der Waals surface area contributed by atoms with Gasteiger partial charge in [-0.2, -0.15) is 5.10 Å². The van der Waals surface area contributed by atoms with E-state index in [-0.39, 0.29) is 12.4 Å². The third-order valence-corrected chi connectivity index (χ3v) is 2.86. The molecule has 2 aromatic carbocycles. The Kier molecular flexibility index (Phi) is 3.51. The van der Waals surface area contributed by atoms with Crippen LogP contribution < -0.4 is 14.9 Å². The van der Waals surface area contributed by atoms with Crippen LogP contribution in [-0.4, -0.2) is 18.9 Å². The number of amides is 1. The minimum atomic E-state index is -0.480. The van der Waals surface area contributed by atoms with E-state index in [2.05, 4.69) is 10.5 Å². The lowest BCUT2D eigenvalue weighted by Crippen LogP contribution is -2.17. The van der Waals surface area contributed by atoms with Gasteiger partial charge in [0.25, 0.3) is 5.91 Å². The highest BCUT2D eigenvalue weighted by Gasteiger charge is 2.12. The molecular formula is C15H11FN2O3. The Hall–Kier alpha value is -2.89. The third kappa shape index (κ3) is 3.00. The highest BCUT2D eigenvalue weighted by Crippen LogP contribution is 2.31. The summed E-state index contributed by atoms with van der Waals surface area (Å²) in [5.74, 6) is 0.361. The van der Waals surface area contributed by atoms with Crippen LogP contribution >= 0.6 is 0 Å². The number of nitrogens with zero attached hydrogens (tertiary/aromatic N) is 1. The van der Waals surface area contributed by atoms with E-state index in [0.717, 1.165) is 11.6 Å². The quantitative estimate of drug-likeness (QED) is 0.696. The Balaban J connectivity index is 1.65. The molecule has 0 aliphatic carbocycles. The number of rotatable bonds is 3. The van der Waals surface area contributed by atoms with Gasteiger partial charge in [0.2, 0.25) is 6.79 Å². The second kappa shape index (κ2) is 5.62. The average Bonchev–Trinajstić information content (AvgIpc) is 2.94. The lowest BCUT2D eigenvalue weighted by atomic mass is 10.2. The number of halogens is 1. The van der Waals surface area contributed by atoms with Crippen molar-refractivity contribution in [1.82, 2.24) is 5.43 Å². The molecule has 2 aromatic rings. The number of hydrogen-bond acceptors (Lipinski definition) is 4. The van der Waals surface area contributed by atoms with Crippen LogP contribution in [0.25, 0.3) is 0 Å². The van der Waals surface area contributed by atoms with E-state index in [1.54, 1.807) is 18.2 Å². The molecule has 0 bridgehead atoms. The van der Waals surface area contributed by atoms with Gasteiger partial charge in [-0.1, -0.05) is 6.07 Å². The summed E-state index contributed by atoms with van der Waals surface area (Å²) in [4.78, 5) is 11.7. The number of carbonyl (C=O) groups excluding carboxylic acids is 1. The molecule has 0 radical (unpaired) electrons. The molecule has 1 aliphatic rings. The van der Waals surface area contributed by atoms with Gasteiger partial charge in [0.1, 0.15) is 5.82 Å². The maximum absolute atomic E-state index is 13.0. The van der Waals surface area contributed by atoms with Crippen LogP contribution in [-0.2, 0) is 0 Å². The lowest BCUT2D eigenvalue weighted by molar-refractivity contribution is 0.0954. The van der Waals surface area contributed by atoms with Crippen molar-refractivity contribution in [2.24, 2.45) is 5.10 Å². The van der Waals surface area contributed by atoms with Gasteiger partial charge in [-0.3, -0.25) is 4.79 Å². The Bertz CT molecular complexity index is 716. The van der Waals surface area contributed by atoms with Crippen LogP contribution in [0.1, 0.15) is 15.9 Å². The van der Waals surface area contributed by atoms with E-state index in [4.69, 9.17) is 9.47 Å². The van der Waals surface area contributed by atoms with Gasteiger partial charge >= 0.3 is 0 Å². The Morgan fingerprint density at radius 1 is 1.19 bits per heavy atom. The fourth-order valence-electron chi connectivity index (χ4n) is 1.85. The molecule has 6 heteroatoms. The fourth-order valence-corrected chi connectivity index (χ4v) is 1.85. The predicted molar refractivity (Wildman–Crippen MR) is 74.0 cm³/mol. The molecule has 1 amide bonds. The van der Waals surface area contributed by atoms with Crippen LogP contribution in [0.3, 0.4) is 0 Å². The SMILES string of the molecule is O=C(N/N=C\c1ccc2c(c1)OCO2)c1cccc(F)c1. The molecule has 0 saturated heterocycles. The van der Waals surface area contributed by atoms with Gasteiger partial charge in [-0.05, 0) is 42.0 Å². The molecule has 1 N–H and O–H groups in total. The molecule has 1 aliphatic heterocycles. The molecule has 1 heterocycles. The summed E-state index contributed by atoms with van der Waals surface area (Å²) in [5, 5.41) is 3.83. The van der Waals surface area contributed by atoms with Crippen molar-refractivity contribution >= 4 is 12.1 Å². The van der Waals surface area contributed by atoms with Crippen LogP contribution in [0.15, 0.2) is 47.6 Å². The number of hydrazone groups is 1. The highest BCUT2D eigenvalue weighted by molar-refractivity contribution is 5.94. The highest BCUT2D eigenvalue weighted by atomic mass is 19.1. The molecule has 0 spiro atoms. The monoisotopic (exact) mass is 286 g/mol. The molecule has 21 heavy (non-hydrogen) atoms. The van der Waals surface area contributed by atoms with Crippen LogP contribution in [0, 0.1) is 5.82 Å². The summed E-state index contributed by atoms with van der Waals surface area (Å²) < 4.78 is 23.4. The van der Waals surface area contributed by atoms with Crippen molar-refractivity contribution in [1.29, 1.82) is 0 Å². The van der Waals surface area contributed by atoms with Gasteiger partial charge in [0.15, 0.2) is 11.5 Å². The number of fused-ring (bicyclic) bond motifs is 1. The summed E-state index contributed by atoms with van der Waals surface area (Å²) >= 11 is 0. The zero-order valence-corrected chi connectivity index (χ0v) is 10.9. The first-order valence-electron chi connectivity index (χ1n) is 6.21. The smallest absolute Gasteiger partial charge is 0.271 e. The standard InChI is InChI=1S/C15H11FN2O3/c16-12-3-1-2-11(7-12)15(19)18-17-8-10-4-5-13-14(6-10)21-9-20-13/h1-8H,9H2,(H,18,19)/b17-8-. The largest absolute Gasteiger partial charge is 0.454 e. The summed E-state index contributed by atoms with van der Waals surface area (Å²) in [6, 6.07) is 10.7. The lowest BCUT2D eigenvalue weighted by Gasteiger charge is -2.00. The molecule has 0 unspecified atom stereocenters. The minimum absolute atomic E-state index is 0.201. The molecule has 0 saturated carbocycles. The van der Waals surface area contributed by atoms with E-state index < -0.39 is 11.7 Å². The molecule has 5 nitrogen and oxygen atoms in total. The number of ether oxygens (including phenoxy) is 2. The van der Waals surface area contributed by atoms with Crippen molar-refractivity contribution in [3.05, 3.63) is 59.4 Å². The van der Waals surface area contributed by atoms with E-state index in [1.807, 2.05) is 0 Å². The van der Waals surface area contributed by atoms with Crippen molar-refractivity contribution in [2.45, 2.75) is 0 Å². The number of carbonyl (C=O) groups is 1. The van der Waals surface area contributed by atoms with Crippen molar-refractivity contribution in [2.75, 3.05) is 6.79 Å². The number of benzene rings is 2. The summed E-state index contributed by atoms with van der Waals surface area (Å²) in [7, 11) is 0. The first kappa shape index (κ1) is 13.1. The van der Waals surface area contributed by atoms with E-state index in [0.29, 0.717) is 11.5 Å². The molecule has 0 fully saturated rings. The second-order valence-electron chi connectivity index (χ2n) is 4.32. The minimum Gasteiger partial charge on any atom is -0.454 e. The molecular weight excluding hydrogens is 275 g/mol. The second-order valence-corrected chi connectivity index (χ2v) is 4.32. The zero-order valence-electron chi connectivity index (χ0n) is 10.9. The third-order valence-electron chi connectivity index (χ3n) is 2.86. The van der Waals surface area contributed by atoms with Crippen LogP contribution in [0.5, 0.6) is 11.5 Å². The molecule has 0 aromatic heterocycles. The average molecular weight is 286 g/mol. The van der Waals surface area contributed by atoms with Gasteiger partial charge in [0.05, 0.1) is 6.21 Å². The van der Waals surface area contributed by atoms with Gasteiger partial charge < -0.3 is 9.47 Å². The van der Waals surface area contributed by atoms with E-state index >= 15 is 0 Å². The Morgan fingerprint density at radius 3 is 2.90 bits per heavy atom. The molecule has 3 rings (SSSR count). The number of nitrogens with one attached hydrogen (secondary N) is 1.